The molecule has 0 saturated heterocycles. The lowest BCUT2D eigenvalue weighted by Crippen LogP contribution is -2.21. The standard InChI is InChI=1S/C22H22N6O/c1-3-15(4-2)22(29)24-18-7-5-6-17(14-18)19-8-9-20-25-26-21(28(20)27-19)16-10-12-23-13-11-16/h5-15H,3-4H2,1-2H3,(H,24,29). The molecule has 0 bridgehead atoms. The van der Waals surface area contributed by atoms with Crippen LogP contribution < -0.4 is 5.32 Å². The third-order valence-corrected chi connectivity index (χ3v) is 4.98. The third kappa shape index (κ3) is 3.85. The van der Waals surface area contributed by atoms with E-state index in [2.05, 4.69) is 20.5 Å². The van der Waals surface area contributed by atoms with Crippen LogP contribution in [0.2, 0.25) is 0 Å². The quantitative estimate of drug-likeness (QED) is 0.536. The normalized spacial score (nSPS) is 11.1. The van der Waals surface area contributed by atoms with Crippen molar-refractivity contribution < 1.29 is 4.79 Å². The van der Waals surface area contributed by atoms with Crippen LogP contribution in [0.25, 0.3) is 28.3 Å². The monoisotopic (exact) mass is 386 g/mol. The number of nitrogens with zero attached hydrogens (tertiary/aromatic N) is 5. The Morgan fingerprint density at radius 2 is 1.79 bits per heavy atom. The number of hydrogen-bond acceptors (Lipinski definition) is 5. The fourth-order valence-corrected chi connectivity index (χ4v) is 3.28. The molecule has 4 aromatic rings. The molecular formula is C22H22N6O. The maximum atomic E-state index is 12.4. The van der Waals surface area contributed by atoms with Crippen LogP contribution in [0.1, 0.15) is 26.7 Å². The van der Waals surface area contributed by atoms with E-state index in [4.69, 9.17) is 5.10 Å². The highest BCUT2D eigenvalue weighted by atomic mass is 16.1. The Hall–Kier alpha value is -3.61. The van der Waals surface area contributed by atoms with Gasteiger partial charge >= 0.3 is 0 Å². The Kier molecular flexibility index (Phi) is 5.29. The maximum Gasteiger partial charge on any atom is 0.227 e. The van der Waals surface area contributed by atoms with E-state index in [1.807, 2.05) is 62.4 Å². The first kappa shape index (κ1) is 18.7. The summed E-state index contributed by atoms with van der Waals surface area (Å²) >= 11 is 0. The van der Waals surface area contributed by atoms with Crippen molar-refractivity contribution in [1.82, 2.24) is 24.8 Å². The predicted molar refractivity (Wildman–Crippen MR) is 112 cm³/mol. The molecule has 3 aromatic heterocycles. The summed E-state index contributed by atoms with van der Waals surface area (Å²) in [4.78, 5) is 16.5. The number of amides is 1. The van der Waals surface area contributed by atoms with Crippen molar-refractivity contribution in [1.29, 1.82) is 0 Å². The number of carbonyl (C=O) groups excluding carboxylic acids is 1. The first-order valence-corrected chi connectivity index (χ1v) is 9.73. The van der Waals surface area contributed by atoms with Gasteiger partial charge < -0.3 is 5.32 Å². The highest BCUT2D eigenvalue weighted by Crippen LogP contribution is 2.24. The summed E-state index contributed by atoms with van der Waals surface area (Å²) in [6.07, 6.45) is 5.08. The zero-order valence-electron chi connectivity index (χ0n) is 16.4. The Labute approximate surface area is 168 Å². The van der Waals surface area contributed by atoms with E-state index in [9.17, 15) is 4.79 Å². The number of benzene rings is 1. The number of rotatable bonds is 6. The van der Waals surface area contributed by atoms with E-state index < -0.39 is 0 Å². The van der Waals surface area contributed by atoms with E-state index in [1.54, 1.807) is 16.9 Å². The second-order valence-electron chi connectivity index (χ2n) is 6.83. The molecule has 3 heterocycles. The maximum absolute atomic E-state index is 12.4. The van der Waals surface area contributed by atoms with Gasteiger partial charge in [-0.2, -0.15) is 9.61 Å². The van der Waals surface area contributed by atoms with Gasteiger partial charge in [-0.3, -0.25) is 9.78 Å². The zero-order valence-corrected chi connectivity index (χ0v) is 16.4. The summed E-state index contributed by atoms with van der Waals surface area (Å²) < 4.78 is 1.72. The van der Waals surface area contributed by atoms with Gasteiger partial charge in [-0.15, -0.1) is 10.2 Å². The minimum atomic E-state index is 0.0214. The minimum absolute atomic E-state index is 0.0214. The lowest BCUT2D eigenvalue weighted by molar-refractivity contribution is -0.120. The molecule has 1 aromatic carbocycles. The second kappa shape index (κ2) is 8.18. The first-order chi connectivity index (χ1) is 14.2. The molecule has 7 heteroatoms. The lowest BCUT2D eigenvalue weighted by Gasteiger charge is -2.13. The molecule has 0 aliphatic rings. The lowest BCUT2D eigenvalue weighted by atomic mass is 10.0. The van der Waals surface area contributed by atoms with Crippen molar-refractivity contribution in [3.63, 3.8) is 0 Å². The molecule has 0 aliphatic carbocycles. The number of carbonyl (C=O) groups is 1. The van der Waals surface area contributed by atoms with Gasteiger partial charge in [0.1, 0.15) is 0 Å². The number of aromatic nitrogens is 5. The fourth-order valence-electron chi connectivity index (χ4n) is 3.28. The van der Waals surface area contributed by atoms with Crippen molar-refractivity contribution in [2.45, 2.75) is 26.7 Å². The van der Waals surface area contributed by atoms with E-state index in [-0.39, 0.29) is 11.8 Å². The average Bonchev–Trinajstić information content (AvgIpc) is 3.19. The van der Waals surface area contributed by atoms with Crippen molar-refractivity contribution >= 4 is 17.2 Å². The number of hydrogen-bond donors (Lipinski definition) is 1. The smallest absolute Gasteiger partial charge is 0.227 e. The van der Waals surface area contributed by atoms with Crippen LogP contribution in [-0.4, -0.2) is 30.7 Å². The minimum Gasteiger partial charge on any atom is -0.326 e. The van der Waals surface area contributed by atoms with Crippen molar-refractivity contribution in [3.05, 3.63) is 60.9 Å². The molecule has 0 spiro atoms. The van der Waals surface area contributed by atoms with Crippen LogP contribution in [0, 0.1) is 5.92 Å². The SMILES string of the molecule is CCC(CC)C(=O)Nc1cccc(-c2ccc3nnc(-c4ccncc4)n3n2)c1. The zero-order chi connectivity index (χ0) is 20.2. The van der Waals surface area contributed by atoms with Crippen LogP contribution >= 0.6 is 0 Å². The topological polar surface area (TPSA) is 85.1 Å². The summed E-state index contributed by atoms with van der Waals surface area (Å²) in [5.41, 5.74) is 4.00. The molecule has 4 rings (SSSR count). The van der Waals surface area contributed by atoms with Gasteiger partial charge in [0.15, 0.2) is 11.5 Å². The summed E-state index contributed by atoms with van der Waals surface area (Å²) in [7, 11) is 0. The van der Waals surface area contributed by atoms with Crippen LogP contribution in [0.4, 0.5) is 5.69 Å². The van der Waals surface area contributed by atoms with Gasteiger partial charge in [0.2, 0.25) is 5.91 Å². The summed E-state index contributed by atoms with van der Waals surface area (Å²) in [5.74, 6) is 0.727. The molecule has 0 unspecified atom stereocenters. The van der Waals surface area contributed by atoms with Gasteiger partial charge in [-0.05, 0) is 49.2 Å². The Morgan fingerprint density at radius 3 is 2.55 bits per heavy atom. The van der Waals surface area contributed by atoms with Gasteiger partial charge in [0.25, 0.3) is 0 Å². The van der Waals surface area contributed by atoms with Gasteiger partial charge in [-0.25, -0.2) is 0 Å². The molecular weight excluding hydrogens is 364 g/mol. The van der Waals surface area contributed by atoms with Gasteiger partial charge in [0, 0.05) is 35.1 Å². The second-order valence-corrected chi connectivity index (χ2v) is 6.83. The fraction of sp³-hybridized carbons (Fsp3) is 0.227. The van der Waals surface area contributed by atoms with Crippen LogP contribution in [0.5, 0.6) is 0 Å². The number of pyridine rings is 1. The summed E-state index contributed by atoms with van der Waals surface area (Å²) in [6, 6.07) is 15.3. The van der Waals surface area contributed by atoms with Gasteiger partial charge in [0.05, 0.1) is 5.69 Å². The highest BCUT2D eigenvalue weighted by Gasteiger charge is 2.15. The highest BCUT2D eigenvalue weighted by molar-refractivity contribution is 5.93. The van der Waals surface area contributed by atoms with Crippen LogP contribution in [0.15, 0.2) is 60.9 Å². The van der Waals surface area contributed by atoms with E-state index in [0.717, 1.165) is 35.3 Å². The van der Waals surface area contributed by atoms with Crippen molar-refractivity contribution in [2.24, 2.45) is 5.92 Å². The Balaban J connectivity index is 1.67. The molecule has 0 saturated carbocycles. The molecule has 29 heavy (non-hydrogen) atoms. The van der Waals surface area contributed by atoms with E-state index in [0.29, 0.717) is 11.5 Å². The summed E-state index contributed by atoms with van der Waals surface area (Å²) in [6.45, 7) is 4.06. The molecule has 1 N–H and O–H groups in total. The molecule has 1 amide bonds. The van der Waals surface area contributed by atoms with Gasteiger partial charge in [-0.1, -0.05) is 26.0 Å². The molecule has 0 atom stereocenters. The summed E-state index contributed by atoms with van der Waals surface area (Å²) in [5, 5.41) is 16.2. The van der Waals surface area contributed by atoms with Crippen molar-refractivity contribution in [2.75, 3.05) is 5.32 Å². The van der Waals surface area contributed by atoms with Crippen LogP contribution in [0.3, 0.4) is 0 Å². The molecule has 7 nitrogen and oxygen atoms in total. The predicted octanol–water partition coefficient (Wildman–Crippen LogP) is 4.23. The average molecular weight is 386 g/mol. The molecule has 0 radical (unpaired) electrons. The molecule has 0 fully saturated rings. The largest absolute Gasteiger partial charge is 0.326 e. The third-order valence-electron chi connectivity index (χ3n) is 4.98. The number of nitrogens with one attached hydrogen (secondary N) is 1. The molecule has 146 valence electrons. The Morgan fingerprint density at radius 1 is 1.00 bits per heavy atom. The first-order valence-electron chi connectivity index (χ1n) is 9.73. The van der Waals surface area contributed by atoms with Crippen LogP contribution in [-0.2, 0) is 4.79 Å². The molecule has 0 aliphatic heterocycles. The number of fused-ring (bicyclic) bond motifs is 1. The Bertz CT molecular complexity index is 1130. The van der Waals surface area contributed by atoms with E-state index >= 15 is 0 Å². The number of anilines is 1. The van der Waals surface area contributed by atoms with Crippen molar-refractivity contribution in [3.8, 4) is 22.6 Å². The van der Waals surface area contributed by atoms with E-state index in [1.165, 1.54) is 0 Å².